The molecule has 17 nitrogen and oxygen atoms in total. The second-order valence-electron chi connectivity index (χ2n) is 16.9. The summed E-state index contributed by atoms with van der Waals surface area (Å²) in [5.74, 6) is -7.38. The third kappa shape index (κ3) is 8.24. The molecule has 0 unspecified atom stereocenters. The molecule has 4 heterocycles. The molecule has 0 aromatic heterocycles. The van der Waals surface area contributed by atoms with Crippen LogP contribution in [0.25, 0.3) is 10.8 Å². The van der Waals surface area contributed by atoms with Crippen molar-refractivity contribution in [2.24, 2.45) is 33.7 Å². The van der Waals surface area contributed by atoms with Gasteiger partial charge in [-0.1, -0.05) is 45.9 Å². The van der Waals surface area contributed by atoms with E-state index in [4.69, 9.17) is 33.7 Å². The van der Waals surface area contributed by atoms with Gasteiger partial charge in [0.2, 0.25) is 0 Å². The topological polar surface area (TPSA) is 235 Å². The lowest BCUT2D eigenvalue weighted by Gasteiger charge is -2.38. The predicted molar refractivity (Wildman–Crippen MR) is 225 cm³/mol. The average molecular weight is 863 g/mol. The van der Waals surface area contributed by atoms with Gasteiger partial charge in [-0.2, -0.15) is 0 Å². The molecule has 0 saturated carbocycles. The Balaban J connectivity index is 1.54. The smallest absolute Gasteiger partial charge is 0.409 e. The molecule has 4 bridgehead atoms. The van der Waals surface area contributed by atoms with Crippen molar-refractivity contribution in [2.75, 3.05) is 32.1 Å². The highest BCUT2D eigenvalue weighted by Crippen LogP contribution is 2.50. The fraction of sp³-hybridized carbons (Fsp3) is 0.556. The maximum Gasteiger partial charge on any atom is 0.409 e. The van der Waals surface area contributed by atoms with Gasteiger partial charge in [-0.25, -0.2) is 4.79 Å². The third-order valence-corrected chi connectivity index (χ3v) is 12.7. The van der Waals surface area contributed by atoms with Gasteiger partial charge in [0.15, 0.2) is 11.4 Å². The fourth-order valence-electron chi connectivity index (χ4n) is 8.85. The highest BCUT2D eigenvalue weighted by molar-refractivity contribution is 6.19. The van der Waals surface area contributed by atoms with Gasteiger partial charge in [0, 0.05) is 87.1 Å². The zero-order valence-corrected chi connectivity index (χ0v) is 36.8. The molecule has 5 N–H and O–H groups in total. The van der Waals surface area contributed by atoms with E-state index in [1.165, 1.54) is 46.3 Å². The number of aromatic hydroxyl groups is 2. The number of esters is 1. The summed E-state index contributed by atoms with van der Waals surface area (Å²) in [7, 11) is 1.45. The Hall–Kier alpha value is -5.52. The number of carbonyl (C=O) groups is 4. The summed E-state index contributed by atoms with van der Waals surface area (Å²) in [6.45, 7) is 15.0. The number of benzene rings is 2. The molecule has 1 saturated heterocycles. The number of aliphatic hydroxyl groups is 2. The van der Waals surface area contributed by atoms with Gasteiger partial charge in [0.05, 0.1) is 47.5 Å². The number of piperidine rings is 1. The molecule has 6 rings (SSSR count). The molecule has 4 aliphatic rings. The lowest BCUT2D eigenvalue weighted by molar-refractivity contribution is -0.160. The summed E-state index contributed by atoms with van der Waals surface area (Å²) in [5, 5.41) is 49.6. The molecule has 2 aromatic carbocycles. The van der Waals surface area contributed by atoms with E-state index in [9.17, 15) is 39.6 Å². The van der Waals surface area contributed by atoms with Gasteiger partial charge in [-0.3, -0.25) is 24.4 Å². The predicted octanol–water partition coefficient (Wildman–Crippen LogP) is 4.25. The second kappa shape index (κ2) is 17.7. The Kier molecular flexibility index (Phi) is 13.1. The molecule has 0 radical (unpaired) electrons. The first kappa shape index (κ1) is 46.0. The number of ether oxygens (including phenoxy) is 5. The number of anilines is 1. The van der Waals surface area contributed by atoms with Crippen molar-refractivity contribution in [3.8, 4) is 17.2 Å². The molecule has 4 aliphatic heterocycles. The number of fused-ring (bicyclic) bond motifs is 1. The van der Waals surface area contributed by atoms with Crippen LogP contribution in [0.15, 0.2) is 46.1 Å². The van der Waals surface area contributed by atoms with Crippen LogP contribution < -0.4 is 20.8 Å². The molecular weight excluding hydrogens is 805 g/mol. The standard InChI is InChI=1S/C45H58N4O13/c1-11-59-43(57)49-18-16-45(17-19-49)47-32-29-30-37(53)26(7)40-31(29)41(55)44(9,62-40)60-20-15-28(58-10)23(4)39(61-27(8)50)25(6)36(52)24(5)35(51)21(2)13-12-14-22(3)42(56)46-34(38(30)54)33(32)48-45/h12-15,20-21,23-25,28,35-36,39,51-54H,11,16-19H2,1-10H3,(H,46,56)/b13-12+,20-15+,22-14-/t21-,23+,24+,25+,28-,35-,36+,39+,44-/m0/s1. The SMILES string of the molecule is CCOC(=O)N1CCC2(CC1)N=c1c3c(O)c4c(O)c(C)c5c(c4c1=N2)C(=O)[C@@](C)(O/C=C/[C@H](OC)[C@@H](C)[C@@H](OC(C)=O)[C@H](C)[C@H](O)[C@H](C)[C@@H](O)[C@@H](C)/C=C/C=C(/C)C(=O)N3)O5. The van der Waals surface area contributed by atoms with Crippen molar-refractivity contribution >= 4 is 40.2 Å². The van der Waals surface area contributed by atoms with Crippen LogP contribution in [0, 0.1) is 30.6 Å². The van der Waals surface area contributed by atoms with E-state index in [1.807, 2.05) is 0 Å². The molecule has 2 amide bonds. The molecular formula is C45H58N4O13. The van der Waals surface area contributed by atoms with Gasteiger partial charge in [0.25, 0.3) is 11.7 Å². The van der Waals surface area contributed by atoms with E-state index in [0.717, 1.165) is 0 Å². The summed E-state index contributed by atoms with van der Waals surface area (Å²) < 4.78 is 29.1. The third-order valence-electron chi connectivity index (χ3n) is 12.7. The molecule has 2 aromatic rings. The van der Waals surface area contributed by atoms with Crippen molar-refractivity contribution in [3.05, 3.63) is 58.0 Å². The molecule has 336 valence electrons. The number of nitrogens with zero attached hydrogens (tertiary/aromatic N) is 3. The molecule has 1 fully saturated rings. The van der Waals surface area contributed by atoms with E-state index in [-0.39, 0.29) is 82.2 Å². The number of phenols is 2. The van der Waals surface area contributed by atoms with E-state index in [2.05, 4.69) is 5.32 Å². The summed E-state index contributed by atoms with van der Waals surface area (Å²) in [6.07, 6.45) is 3.69. The van der Waals surface area contributed by atoms with Crippen molar-refractivity contribution < 1.29 is 63.3 Å². The maximum atomic E-state index is 14.7. The number of nitrogens with one attached hydrogen (secondary N) is 1. The zero-order valence-electron chi connectivity index (χ0n) is 36.8. The van der Waals surface area contributed by atoms with E-state index < -0.39 is 94.8 Å². The number of likely N-dealkylation sites (tertiary alicyclic amines) is 1. The minimum absolute atomic E-state index is 0.0152. The van der Waals surface area contributed by atoms with Crippen LogP contribution in [-0.4, -0.2) is 112 Å². The first-order valence-electron chi connectivity index (χ1n) is 21.0. The average Bonchev–Trinajstić information content (AvgIpc) is 3.73. The normalized spacial score (nSPS) is 31.8. The van der Waals surface area contributed by atoms with E-state index >= 15 is 0 Å². The van der Waals surface area contributed by atoms with Crippen molar-refractivity contribution in [3.63, 3.8) is 0 Å². The lowest BCUT2D eigenvalue weighted by atomic mass is 9.78. The lowest BCUT2D eigenvalue weighted by Crippen LogP contribution is -2.46. The van der Waals surface area contributed by atoms with Crippen LogP contribution in [0.5, 0.6) is 17.2 Å². The number of phenolic OH excluding ortho intramolecular Hbond substituents is 2. The first-order valence-corrected chi connectivity index (χ1v) is 21.0. The van der Waals surface area contributed by atoms with Gasteiger partial charge in [0.1, 0.15) is 28.6 Å². The Bertz CT molecular complexity index is 2370. The summed E-state index contributed by atoms with van der Waals surface area (Å²) >= 11 is 0. The fourth-order valence-corrected chi connectivity index (χ4v) is 8.85. The van der Waals surface area contributed by atoms with Gasteiger partial charge in [-0.15, -0.1) is 0 Å². The highest BCUT2D eigenvalue weighted by atomic mass is 16.7. The largest absolute Gasteiger partial charge is 0.507 e. The van der Waals surface area contributed by atoms with Crippen molar-refractivity contribution in [1.29, 1.82) is 0 Å². The van der Waals surface area contributed by atoms with Gasteiger partial charge >= 0.3 is 17.8 Å². The zero-order chi connectivity index (χ0) is 45.6. The number of methoxy groups -OCH3 is 1. The molecule has 17 heteroatoms. The number of amides is 2. The van der Waals surface area contributed by atoms with Crippen molar-refractivity contribution in [1.82, 2.24) is 4.90 Å². The minimum atomic E-state index is -2.01. The Labute approximate surface area is 359 Å². The van der Waals surface area contributed by atoms with Gasteiger partial charge < -0.3 is 54.3 Å². The van der Waals surface area contributed by atoms with E-state index in [1.54, 1.807) is 58.6 Å². The molecule has 62 heavy (non-hydrogen) atoms. The number of allylic oxidation sites excluding steroid dienone is 2. The summed E-state index contributed by atoms with van der Waals surface area (Å²) in [4.78, 5) is 65.2. The number of Topliss-reactive ketones (excluding diaryl/α,β-unsaturated/α-hetero) is 1. The second-order valence-corrected chi connectivity index (χ2v) is 16.9. The van der Waals surface area contributed by atoms with Crippen LogP contribution in [0.4, 0.5) is 10.5 Å². The quantitative estimate of drug-likeness (QED) is 0.215. The summed E-state index contributed by atoms with van der Waals surface area (Å²) in [6, 6.07) is 0. The summed E-state index contributed by atoms with van der Waals surface area (Å²) in [5.41, 5.74) is -1.05. The van der Waals surface area contributed by atoms with Crippen LogP contribution in [0.1, 0.15) is 84.2 Å². The number of carbonyl (C=O) groups excluding carboxylic acids is 4. The van der Waals surface area contributed by atoms with Crippen LogP contribution in [0.3, 0.4) is 0 Å². The number of hydrogen-bond acceptors (Lipinski definition) is 15. The Morgan fingerprint density at radius 3 is 2.24 bits per heavy atom. The van der Waals surface area contributed by atoms with Crippen LogP contribution >= 0.6 is 0 Å². The monoisotopic (exact) mass is 862 g/mol. The molecule has 1 spiro atoms. The van der Waals surface area contributed by atoms with Crippen LogP contribution in [-0.2, 0) is 28.5 Å². The molecule has 9 atom stereocenters. The number of hydrogen-bond donors (Lipinski definition) is 5. The highest BCUT2D eigenvalue weighted by Gasteiger charge is 2.50. The maximum absolute atomic E-state index is 14.7. The first-order chi connectivity index (χ1) is 29.2. The van der Waals surface area contributed by atoms with Gasteiger partial charge in [-0.05, 0) is 26.8 Å². The number of ketones is 1. The molecule has 0 aliphatic carbocycles. The van der Waals surface area contributed by atoms with Crippen LogP contribution in [0.2, 0.25) is 0 Å². The minimum Gasteiger partial charge on any atom is -0.507 e. The van der Waals surface area contributed by atoms with Crippen molar-refractivity contribution in [2.45, 2.75) is 111 Å². The Morgan fingerprint density at radius 2 is 1.61 bits per heavy atom. The van der Waals surface area contributed by atoms with E-state index in [0.29, 0.717) is 0 Å². The number of rotatable bonds is 3. The Morgan fingerprint density at radius 1 is 0.952 bits per heavy atom. The number of aliphatic hydroxyl groups excluding tert-OH is 2.